The van der Waals surface area contributed by atoms with Gasteiger partial charge < -0.3 is 13.9 Å². The molecule has 0 amide bonds. The molecule has 0 N–H and O–H groups in total. The predicted octanol–water partition coefficient (Wildman–Crippen LogP) is 11.8. The van der Waals surface area contributed by atoms with E-state index in [1.54, 1.807) is 0 Å². The molecule has 5 nitrogen and oxygen atoms in total. The van der Waals surface area contributed by atoms with Crippen LogP contribution in [0.5, 0.6) is 0 Å². The molecule has 0 spiro atoms. The Balaban J connectivity index is 0.00000392. The van der Waals surface area contributed by atoms with E-state index in [2.05, 4.69) is 116 Å². The number of fused-ring (bicyclic) bond motifs is 3. The number of hydrogen-bond donors (Lipinski definition) is 0. The summed E-state index contributed by atoms with van der Waals surface area (Å²) in [4.78, 5) is 12.2. The van der Waals surface area contributed by atoms with E-state index in [0.717, 1.165) is 61.6 Å². The number of benzene rings is 5. The first kappa shape index (κ1) is 33.3. The second kappa shape index (κ2) is 13.9. The number of para-hydroxylation sites is 3. The SMILES string of the molecule is CC(C)c1cccc(C(C)C)c1-n1cnc(-c2[c-]c(N(c3ccccc3)c3cccc(-c4[c-]ccc5c4oc4ccccc45)n3)ccc2)c1.[Pt+2]. The number of nitrogens with zero attached hydrogens (tertiary/aromatic N) is 4. The molecular weight excluding hydrogens is 796 g/mol. The van der Waals surface area contributed by atoms with Gasteiger partial charge in [0.25, 0.3) is 0 Å². The first-order valence-corrected chi connectivity index (χ1v) is 16.8. The van der Waals surface area contributed by atoms with Crippen LogP contribution in [0.15, 0.2) is 138 Å². The van der Waals surface area contributed by atoms with Crippen LogP contribution in [0.3, 0.4) is 0 Å². The van der Waals surface area contributed by atoms with Crippen molar-refractivity contribution in [1.29, 1.82) is 0 Å². The Kier molecular flexibility index (Phi) is 9.27. The molecule has 0 radical (unpaired) electrons. The second-order valence-corrected chi connectivity index (χ2v) is 13.0. The van der Waals surface area contributed by atoms with E-state index < -0.39 is 0 Å². The Bertz CT molecular complexity index is 2400. The topological polar surface area (TPSA) is 47.1 Å². The van der Waals surface area contributed by atoms with Gasteiger partial charge in [-0.15, -0.1) is 48.0 Å². The molecule has 0 fully saturated rings. The molecule has 8 aromatic rings. The van der Waals surface area contributed by atoms with Gasteiger partial charge in [-0.25, -0.2) is 0 Å². The van der Waals surface area contributed by atoms with Crippen molar-refractivity contribution in [2.45, 2.75) is 39.5 Å². The molecule has 0 unspecified atom stereocenters. The number of pyridine rings is 1. The zero-order valence-electron chi connectivity index (χ0n) is 28.4. The van der Waals surface area contributed by atoms with E-state index in [4.69, 9.17) is 14.4 Å². The van der Waals surface area contributed by atoms with E-state index in [0.29, 0.717) is 11.8 Å². The van der Waals surface area contributed by atoms with E-state index in [9.17, 15) is 0 Å². The van der Waals surface area contributed by atoms with Gasteiger partial charge in [0.1, 0.15) is 11.4 Å². The number of rotatable bonds is 8. The molecule has 3 heterocycles. The van der Waals surface area contributed by atoms with Crippen molar-refractivity contribution in [3.05, 3.63) is 157 Å². The fourth-order valence-electron chi connectivity index (χ4n) is 6.67. The van der Waals surface area contributed by atoms with Crippen LogP contribution >= 0.6 is 0 Å². The average Bonchev–Trinajstić information content (AvgIpc) is 3.78. The third kappa shape index (κ3) is 6.07. The van der Waals surface area contributed by atoms with Crippen LogP contribution in [-0.2, 0) is 21.1 Å². The summed E-state index contributed by atoms with van der Waals surface area (Å²) >= 11 is 0. The van der Waals surface area contributed by atoms with Gasteiger partial charge in [0.2, 0.25) is 0 Å². The number of imidazole rings is 1. The summed E-state index contributed by atoms with van der Waals surface area (Å²) in [5.74, 6) is 1.53. The van der Waals surface area contributed by atoms with Gasteiger partial charge in [-0.1, -0.05) is 105 Å². The summed E-state index contributed by atoms with van der Waals surface area (Å²) in [6.07, 6.45) is 4.05. The molecule has 6 heteroatoms. The van der Waals surface area contributed by atoms with Gasteiger partial charge in [-0.2, -0.15) is 0 Å². The standard InChI is InChI=1S/C44H36N4O.Pt/c1-29(2)34-19-11-20-35(30(3)4)43(34)47-27-40(45-28-47)31-14-10-17-33(26-31)48(32-15-6-5-7-16-32)42-25-13-23-39(46-42)38-22-12-21-37-36-18-8-9-24-41(36)49-44(37)38;/h5-21,23-25,27-30H,1-4H3;/q-2;+2. The third-order valence-electron chi connectivity index (χ3n) is 9.05. The number of hydrogen-bond acceptors (Lipinski definition) is 4. The quantitative estimate of drug-likeness (QED) is 0.143. The fourth-order valence-corrected chi connectivity index (χ4v) is 6.67. The van der Waals surface area contributed by atoms with Crippen molar-refractivity contribution < 1.29 is 25.5 Å². The van der Waals surface area contributed by atoms with Crippen molar-refractivity contribution in [2.75, 3.05) is 4.90 Å². The summed E-state index contributed by atoms with van der Waals surface area (Å²) in [5.41, 5.74) is 10.7. The van der Waals surface area contributed by atoms with Crippen LogP contribution in [0.25, 0.3) is 50.1 Å². The molecular formula is C44H36N4OPt. The van der Waals surface area contributed by atoms with Gasteiger partial charge in [-0.3, -0.25) is 9.97 Å². The monoisotopic (exact) mass is 831 g/mol. The largest absolute Gasteiger partial charge is 2.00 e. The third-order valence-corrected chi connectivity index (χ3v) is 9.05. The Labute approximate surface area is 307 Å². The van der Waals surface area contributed by atoms with E-state index in [1.165, 1.54) is 16.8 Å². The Morgan fingerprint density at radius 3 is 2.20 bits per heavy atom. The maximum atomic E-state index is 6.35. The Morgan fingerprint density at radius 2 is 1.42 bits per heavy atom. The van der Waals surface area contributed by atoms with E-state index in [-0.39, 0.29) is 21.1 Å². The van der Waals surface area contributed by atoms with Crippen LogP contribution in [-0.4, -0.2) is 14.5 Å². The molecule has 0 aliphatic heterocycles. The van der Waals surface area contributed by atoms with Crippen LogP contribution in [0.1, 0.15) is 50.7 Å². The van der Waals surface area contributed by atoms with Gasteiger partial charge in [0.15, 0.2) is 0 Å². The molecule has 0 atom stereocenters. The van der Waals surface area contributed by atoms with E-state index in [1.807, 2.05) is 67.0 Å². The Hall–Kier alpha value is -5.25. The Morgan fingerprint density at radius 1 is 0.700 bits per heavy atom. The molecule has 0 bridgehead atoms. The van der Waals surface area contributed by atoms with Gasteiger partial charge in [0.05, 0.1) is 17.6 Å². The molecule has 0 saturated heterocycles. The first-order valence-electron chi connectivity index (χ1n) is 16.8. The molecule has 8 rings (SSSR count). The molecule has 0 saturated carbocycles. The minimum atomic E-state index is 0. The van der Waals surface area contributed by atoms with Crippen molar-refractivity contribution in [2.24, 2.45) is 0 Å². The number of aromatic nitrogens is 3. The van der Waals surface area contributed by atoms with Crippen molar-refractivity contribution >= 4 is 39.1 Å². The number of furan rings is 1. The minimum absolute atomic E-state index is 0. The van der Waals surface area contributed by atoms with Gasteiger partial charge in [-0.05, 0) is 64.8 Å². The summed E-state index contributed by atoms with van der Waals surface area (Å²) in [7, 11) is 0. The normalized spacial score (nSPS) is 11.4. The molecule has 0 aliphatic rings. The molecule has 3 aromatic heterocycles. The molecule has 248 valence electrons. The second-order valence-electron chi connectivity index (χ2n) is 13.0. The molecule has 5 aromatic carbocycles. The average molecular weight is 832 g/mol. The molecule has 50 heavy (non-hydrogen) atoms. The maximum absolute atomic E-state index is 6.35. The zero-order chi connectivity index (χ0) is 33.5. The van der Waals surface area contributed by atoms with Crippen LogP contribution < -0.4 is 4.90 Å². The van der Waals surface area contributed by atoms with E-state index >= 15 is 0 Å². The summed E-state index contributed by atoms with van der Waals surface area (Å²) in [6, 6.07) is 48.4. The van der Waals surface area contributed by atoms with Crippen molar-refractivity contribution in [1.82, 2.24) is 14.5 Å². The summed E-state index contributed by atoms with van der Waals surface area (Å²) < 4.78 is 8.52. The number of anilines is 3. The maximum Gasteiger partial charge on any atom is 2.00 e. The molecule has 0 aliphatic carbocycles. The van der Waals surface area contributed by atoms with Crippen molar-refractivity contribution in [3.8, 4) is 28.2 Å². The minimum Gasteiger partial charge on any atom is -0.501 e. The fraction of sp³-hybridized carbons (Fsp3) is 0.136. The summed E-state index contributed by atoms with van der Waals surface area (Å²) in [5, 5.41) is 2.13. The van der Waals surface area contributed by atoms with Crippen LogP contribution in [0.4, 0.5) is 17.2 Å². The summed E-state index contributed by atoms with van der Waals surface area (Å²) in [6.45, 7) is 8.98. The van der Waals surface area contributed by atoms with Crippen LogP contribution in [0.2, 0.25) is 0 Å². The zero-order valence-corrected chi connectivity index (χ0v) is 30.6. The van der Waals surface area contributed by atoms with Gasteiger partial charge >= 0.3 is 21.1 Å². The van der Waals surface area contributed by atoms with Crippen LogP contribution in [0, 0.1) is 12.1 Å². The predicted molar refractivity (Wildman–Crippen MR) is 200 cm³/mol. The first-order chi connectivity index (χ1) is 24.0. The smallest absolute Gasteiger partial charge is 0.501 e. The van der Waals surface area contributed by atoms with Gasteiger partial charge in [0, 0.05) is 16.8 Å². The van der Waals surface area contributed by atoms with Crippen molar-refractivity contribution in [3.63, 3.8) is 0 Å².